The molecular weight excluding hydrogens is 162 g/mol. The fourth-order valence-corrected chi connectivity index (χ4v) is 0.852. The first-order valence-electron chi connectivity index (χ1n) is 4.49. The van der Waals surface area contributed by atoms with Crippen molar-refractivity contribution in [2.45, 2.75) is 27.7 Å². The van der Waals surface area contributed by atoms with Gasteiger partial charge in [-0.05, 0) is 19.4 Å². The van der Waals surface area contributed by atoms with Gasteiger partial charge in [-0.1, -0.05) is 48.8 Å². The van der Waals surface area contributed by atoms with Crippen LogP contribution in [0.1, 0.15) is 31.9 Å². The summed E-state index contributed by atoms with van der Waals surface area (Å²) < 4.78 is 0. The Kier molecular flexibility index (Phi) is 5.60. The molecule has 1 aromatic carbocycles. The van der Waals surface area contributed by atoms with Crippen LogP contribution in [-0.4, -0.2) is 10.9 Å². The van der Waals surface area contributed by atoms with Gasteiger partial charge in [0.15, 0.2) is 0 Å². The summed E-state index contributed by atoms with van der Waals surface area (Å²) in [7, 11) is 0. The molecule has 0 aliphatic rings. The molecule has 0 fully saturated rings. The predicted molar refractivity (Wildman–Crippen MR) is 56.5 cm³/mol. The normalized spacial score (nSPS) is 10.3. The molecule has 0 aliphatic carbocycles. The summed E-state index contributed by atoms with van der Waals surface area (Å²) in [6, 6.07) is 7.85. The average Bonchev–Trinajstić information content (AvgIpc) is 2.21. The van der Waals surface area contributed by atoms with Gasteiger partial charge in [-0.2, -0.15) is 0 Å². The summed E-state index contributed by atoms with van der Waals surface area (Å²) in [5.74, 6) is 0. The summed E-state index contributed by atoms with van der Waals surface area (Å²) in [6.07, 6.45) is 0. The van der Waals surface area contributed by atoms with E-state index in [1.165, 1.54) is 5.56 Å². The average molecular weight is 179 g/mol. The SMILES string of the molecule is C/C(=N/O)c1ccc(C)cc1.CC. The summed E-state index contributed by atoms with van der Waals surface area (Å²) in [4.78, 5) is 0. The van der Waals surface area contributed by atoms with Gasteiger partial charge < -0.3 is 5.21 Å². The van der Waals surface area contributed by atoms with E-state index in [0.717, 1.165) is 5.56 Å². The zero-order chi connectivity index (χ0) is 10.3. The van der Waals surface area contributed by atoms with Gasteiger partial charge in [0.05, 0.1) is 5.71 Å². The van der Waals surface area contributed by atoms with Gasteiger partial charge in [0, 0.05) is 0 Å². The van der Waals surface area contributed by atoms with E-state index in [4.69, 9.17) is 5.21 Å². The van der Waals surface area contributed by atoms with E-state index in [2.05, 4.69) is 5.16 Å². The summed E-state index contributed by atoms with van der Waals surface area (Å²) in [5.41, 5.74) is 2.81. The second kappa shape index (κ2) is 6.23. The van der Waals surface area contributed by atoms with Crippen molar-refractivity contribution < 1.29 is 5.21 Å². The molecule has 0 saturated heterocycles. The quantitative estimate of drug-likeness (QED) is 0.400. The van der Waals surface area contributed by atoms with Crippen molar-refractivity contribution in [3.63, 3.8) is 0 Å². The lowest BCUT2D eigenvalue weighted by atomic mass is 10.1. The Bertz CT molecular complexity index is 262. The van der Waals surface area contributed by atoms with Crippen LogP contribution in [-0.2, 0) is 0 Å². The van der Waals surface area contributed by atoms with Crippen LogP contribution < -0.4 is 0 Å². The molecule has 0 unspecified atom stereocenters. The van der Waals surface area contributed by atoms with Gasteiger partial charge in [-0.15, -0.1) is 0 Å². The van der Waals surface area contributed by atoms with Gasteiger partial charge in [-0.3, -0.25) is 0 Å². The molecule has 2 heteroatoms. The maximum absolute atomic E-state index is 8.45. The van der Waals surface area contributed by atoms with Crippen molar-refractivity contribution in [2.24, 2.45) is 5.16 Å². The minimum atomic E-state index is 0.644. The first-order chi connectivity index (χ1) is 6.24. The van der Waals surface area contributed by atoms with Crippen LogP contribution in [0.3, 0.4) is 0 Å². The van der Waals surface area contributed by atoms with Crippen molar-refractivity contribution in [1.29, 1.82) is 0 Å². The van der Waals surface area contributed by atoms with Gasteiger partial charge >= 0.3 is 0 Å². The smallest absolute Gasteiger partial charge is 0.0836 e. The Morgan fingerprint density at radius 1 is 1.15 bits per heavy atom. The summed E-state index contributed by atoms with van der Waals surface area (Å²) in [6.45, 7) is 7.79. The van der Waals surface area contributed by atoms with E-state index >= 15 is 0 Å². The third-order valence-electron chi connectivity index (χ3n) is 1.62. The van der Waals surface area contributed by atoms with Crippen molar-refractivity contribution in [3.05, 3.63) is 35.4 Å². The largest absolute Gasteiger partial charge is 0.411 e. The fourth-order valence-electron chi connectivity index (χ4n) is 0.852. The first kappa shape index (κ1) is 11.7. The molecular formula is C11H17NO. The van der Waals surface area contributed by atoms with Crippen LogP contribution in [0.25, 0.3) is 0 Å². The number of benzene rings is 1. The summed E-state index contributed by atoms with van der Waals surface area (Å²) in [5, 5.41) is 11.6. The lowest BCUT2D eigenvalue weighted by Crippen LogP contribution is -1.93. The molecule has 0 radical (unpaired) electrons. The van der Waals surface area contributed by atoms with E-state index in [9.17, 15) is 0 Å². The zero-order valence-corrected chi connectivity index (χ0v) is 8.70. The minimum absolute atomic E-state index is 0.644. The molecule has 1 aromatic rings. The Balaban J connectivity index is 0.000000671. The van der Waals surface area contributed by atoms with E-state index in [0.29, 0.717) is 5.71 Å². The highest BCUT2D eigenvalue weighted by atomic mass is 16.4. The third-order valence-corrected chi connectivity index (χ3v) is 1.62. The van der Waals surface area contributed by atoms with Crippen LogP contribution in [0, 0.1) is 6.92 Å². The summed E-state index contributed by atoms with van der Waals surface area (Å²) >= 11 is 0. The standard InChI is InChI=1S/C9H11NO.C2H6/c1-7-3-5-9(6-4-7)8(2)10-11;1-2/h3-6,11H,1-2H3;1-2H3/b10-8-;. The molecule has 0 amide bonds. The van der Waals surface area contributed by atoms with Crippen LogP contribution in [0.5, 0.6) is 0 Å². The van der Waals surface area contributed by atoms with Crippen LogP contribution in [0.4, 0.5) is 0 Å². The number of hydrogen-bond acceptors (Lipinski definition) is 2. The highest BCUT2D eigenvalue weighted by molar-refractivity contribution is 5.98. The van der Waals surface area contributed by atoms with Crippen molar-refractivity contribution in [3.8, 4) is 0 Å². The highest BCUT2D eigenvalue weighted by Gasteiger charge is 1.94. The molecule has 0 heterocycles. The number of aryl methyl sites for hydroxylation is 1. The van der Waals surface area contributed by atoms with Crippen molar-refractivity contribution >= 4 is 5.71 Å². The molecule has 1 N–H and O–H groups in total. The topological polar surface area (TPSA) is 32.6 Å². The Labute approximate surface area is 79.9 Å². The van der Waals surface area contributed by atoms with Gasteiger partial charge in [0.25, 0.3) is 0 Å². The molecule has 0 spiro atoms. The minimum Gasteiger partial charge on any atom is -0.411 e. The Morgan fingerprint density at radius 3 is 2.00 bits per heavy atom. The number of rotatable bonds is 1. The third kappa shape index (κ3) is 3.74. The monoisotopic (exact) mass is 179 g/mol. The van der Waals surface area contributed by atoms with Gasteiger partial charge in [-0.25, -0.2) is 0 Å². The second-order valence-corrected chi connectivity index (χ2v) is 2.55. The second-order valence-electron chi connectivity index (χ2n) is 2.55. The van der Waals surface area contributed by atoms with Crippen molar-refractivity contribution in [1.82, 2.24) is 0 Å². The van der Waals surface area contributed by atoms with E-state index in [1.54, 1.807) is 6.92 Å². The van der Waals surface area contributed by atoms with Gasteiger partial charge in [0.1, 0.15) is 0 Å². The van der Waals surface area contributed by atoms with Gasteiger partial charge in [0.2, 0.25) is 0 Å². The fraction of sp³-hybridized carbons (Fsp3) is 0.364. The number of nitrogens with zero attached hydrogens (tertiary/aromatic N) is 1. The van der Waals surface area contributed by atoms with Crippen LogP contribution in [0.2, 0.25) is 0 Å². The first-order valence-corrected chi connectivity index (χ1v) is 4.49. The van der Waals surface area contributed by atoms with E-state index in [-0.39, 0.29) is 0 Å². The predicted octanol–water partition coefficient (Wildman–Crippen LogP) is 3.22. The molecule has 13 heavy (non-hydrogen) atoms. The lowest BCUT2D eigenvalue weighted by Gasteiger charge is -1.97. The Hall–Kier alpha value is -1.31. The van der Waals surface area contributed by atoms with E-state index < -0.39 is 0 Å². The van der Waals surface area contributed by atoms with Crippen LogP contribution >= 0.6 is 0 Å². The van der Waals surface area contributed by atoms with Crippen molar-refractivity contribution in [2.75, 3.05) is 0 Å². The Morgan fingerprint density at radius 2 is 1.62 bits per heavy atom. The number of hydrogen-bond donors (Lipinski definition) is 1. The molecule has 0 atom stereocenters. The molecule has 72 valence electrons. The lowest BCUT2D eigenvalue weighted by molar-refractivity contribution is 0.319. The zero-order valence-electron chi connectivity index (χ0n) is 8.70. The highest BCUT2D eigenvalue weighted by Crippen LogP contribution is 2.03. The maximum Gasteiger partial charge on any atom is 0.0836 e. The maximum atomic E-state index is 8.45. The van der Waals surface area contributed by atoms with Crippen LogP contribution in [0.15, 0.2) is 29.4 Å². The molecule has 0 bridgehead atoms. The molecule has 0 saturated carbocycles. The molecule has 1 rings (SSSR count). The number of oxime groups is 1. The molecule has 0 aliphatic heterocycles. The van der Waals surface area contributed by atoms with E-state index in [1.807, 2.05) is 45.0 Å². The molecule has 2 nitrogen and oxygen atoms in total. The molecule has 0 aromatic heterocycles.